The van der Waals surface area contributed by atoms with Crippen LogP contribution in [-0.2, 0) is 21.5 Å². The molecule has 12 heteroatoms. The van der Waals surface area contributed by atoms with E-state index >= 15 is 0 Å². The average Bonchev–Trinajstić information content (AvgIpc) is 3.45. The van der Waals surface area contributed by atoms with Crippen molar-refractivity contribution in [1.82, 2.24) is 34.0 Å². The molecule has 1 saturated heterocycles. The van der Waals surface area contributed by atoms with Gasteiger partial charge in [0, 0.05) is 43.0 Å². The fourth-order valence-electron chi connectivity index (χ4n) is 3.69. The Bertz CT molecular complexity index is 1330. The minimum atomic E-state index is -3.54. The highest BCUT2D eigenvalue weighted by Crippen LogP contribution is 2.29. The number of nitrogens with zero attached hydrogens (tertiary/aromatic N) is 5. The second-order valence-corrected chi connectivity index (χ2v) is 9.02. The maximum atomic E-state index is 12.4. The summed E-state index contributed by atoms with van der Waals surface area (Å²) in [6.07, 6.45) is 3.49. The molecule has 0 atom stereocenters. The number of benzene rings is 1. The van der Waals surface area contributed by atoms with Crippen LogP contribution in [-0.4, -0.2) is 70.5 Å². The van der Waals surface area contributed by atoms with E-state index in [2.05, 4.69) is 25.0 Å². The number of fused-ring (bicyclic) bond motifs is 3. The smallest absolute Gasteiger partial charge is 0.279 e. The fraction of sp³-hybridized carbons (Fsp3) is 0.316. The van der Waals surface area contributed by atoms with Gasteiger partial charge in [0.25, 0.3) is 10.2 Å². The predicted octanol–water partition coefficient (Wildman–Crippen LogP) is 0.723. The second kappa shape index (κ2) is 7.89. The average molecular weight is 443 g/mol. The molecule has 1 aliphatic heterocycles. The van der Waals surface area contributed by atoms with Crippen molar-refractivity contribution in [2.45, 2.75) is 6.54 Å². The van der Waals surface area contributed by atoms with Crippen LogP contribution in [0.1, 0.15) is 0 Å². The third-order valence-electron chi connectivity index (χ3n) is 5.28. The van der Waals surface area contributed by atoms with Crippen molar-refractivity contribution in [3.63, 3.8) is 0 Å². The van der Waals surface area contributed by atoms with Crippen molar-refractivity contribution in [1.29, 1.82) is 0 Å². The van der Waals surface area contributed by atoms with Crippen LogP contribution >= 0.6 is 0 Å². The van der Waals surface area contributed by atoms with Gasteiger partial charge < -0.3 is 10.5 Å². The number of aromatic nitrogens is 5. The first kappa shape index (κ1) is 19.9. The summed E-state index contributed by atoms with van der Waals surface area (Å²) in [5.41, 5.74) is 9.49. The topological polar surface area (TPSA) is 144 Å². The molecule has 1 aliphatic rings. The van der Waals surface area contributed by atoms with Gasteiger partial charge in [-0.25, -0.2) is 9.71 Å². The number of nitrogen functional groups attached to an aromatic ring is 1. The summed E-state index contributed by atoms with van der Waals surface area (Å²) in [7, 11) is -3.54. The largest absolute Gasteiger partial charge is 0.383 e. The van der Waals surface area contributed by atoms with Crippen LogP contribution < -0.4 is 10.5 Å². The van der Waals surface area contributed by atoms with E-state index in [9.17, 15) is 8.42 Å². The molecule has 0 aliphatic carbocycles. The maximum absolute atomic E-state index is 12.4. The van der Waals surface area contributed by atoms with E-state index in [0.717, 1.165) is 33.1 Å². The minimum Gasteiger partial charge on any atom is -0.383 e. The maximum Gasteiger partial charge on any atom is 0.279 e. The summed E-state index contributed by atoms with van der Waals surface area (Å²) in [5, 5.41) is 13.2. The number of rotatable bonds is 6. The Morgan fingerprint density at radius 3 is 2.81 bits per heavy atom. The van der Waals surface area contributed by atoms with Crippen molar-refractivity contribution >= 4 is 37.8 Å². The lowest BCUT2D eigenvalue weighted by Crippen LogP contribution is -2.47. The third-order valence-corrected chi connectivity index (χ3v) is 6.89. The summed E-state index contributed by atoms with van der Waals surface area (Å²) in [4.78, 5) is 4.53. The Labute approximate surface area is 178 Å². The van der Waals surface area contributed by atoms with Crippen LogP contribution in [0, 0.1) is 0 Å². The van der Waals surface area contributed by atoms with Crippen LogP contribution in [0.3, 0.4) is 0 Å². The van der Waals surface area contributed by atoms with E-state index in [-0.39, 0.29) is 6.54 Å². The highest BCUT2D eigenvalue weighted by Gasteiger charge is 2.23. The molecule has 0 saturated carbocycles. The normalized spacial score (nSPS) is 15.7. The number of anilines is 1. The van der Waals surface area contributed by atoms with Gasteiger partial charge in [0.15, 0.2) is 0 Å². The van der Waals surface area contributed by atoms with Gasteiger partial charge in [-0.05, 0) is 18.2 Å². The molecule has 4 N–H and O–H groups in total. The molecule has 3 aromatic heterocycles. The van der Waals surface area contributed by atoms with Gasteiger partial charge in [-0.15, -0.1) is 0 Å². The number of aromatic amines is 1. The number of hydrogen-bond donors (Lipinski definition) is 3. The van der Waals surface area contributed by atoms with Crippen molar-refractivity contribution < 1.29 is 13.2 Å². The van der Waals surface area contributed by atoms with Gasteiger partial charge in [-0.2, -0.15) is 22.9 Å². The lowest BCUT2D eigenvalue weighted by Gasteiger charge is -2.26. The van der Waals surface area contributed by atoms with Crippen molar-refractivity contribution in [2.24, 2.45) is 0 Å². The molecule has 0 radical (unpaired) electrons. The SMILES string of the molecule is Nc1nc2cc(-c3ccn[nH]3)ccc2c2nn(CCNS(=O)(=O)N3CCOCC3)cc12. The molecule has 162 valence electrons. The zero-order chi connectivity index (χ0) is 21.4. The number of pyridine rings is 1. The molecule has 4 heterocycles. The summed E-state index contributed by atoms with van der Waals surface area (Å²) < 4.78 is 35.7. The summed E-state index contributed by atoms with van der Waals surface area (Å²) in [6.45, 7) is 2.11. The second-order valence-electron chi connectivity index (χ2n) is 7.26. The van der Waals surface area contributed by atoms with Crippen molar-refractivity contribution in [3.05, 3.63) is 36.7 Å². The number of morpholine rings is 1. The zero-order valence-electron chi connectivity index (χ0n) is 16.7. The molecule has 5 rings (SSSR count). The molecule has 1 aromatic carbocycles. The molecule has 0 spiro atoms. The van der Waals surface area contributed by atoms with Gasteiger partial charge in [-0.1, -0.05) is 6.07 Å². The summed E-state index contributed by atoms with van der Waals surface area (Å²) in [5.74, 6) is 0.379. The van der Waals surface area contributed by atoms with Gasteiger partial charge in [-0.3, -0.25) is 9.78 Å². The number of ether oxygens (including phenoxy) is 1. The fourth-order valence-corrected chi connectivity index (χ4v) is 4.85. The Kier molecular flexibility index (Phi) is 5.06. The molecule has 11 nitrogen and oxygen atoms in total. The molecule has 4 aromatic rings. The molecular formula is C19H22N8O3S. The monoisotopic (exact) mass is 442 g/mol. The Morgan fingerprint density at radius 1 is 1.19 bits per heavy atom. The summed E-state index contributed by atoms with van der Waals surface area (Å²) in [6, 6.07) is 7.76. The van der Waals surface area contributed by atoms with Gasteiger partial charge in [0.05, 0.1) is 36.4 Å². The quantitative estimate of drug-likeness (QED) is 0.399. The van der Waals surface area contributed by atoms with E-state index < -0.39 is 10.2 Å². The third kappa shape index (κ3) is 3.85. The van der Waals surface area contributed by atoms with Crippen LogP contribution in [0.2, 0.25) is 0 Å². The van der Waals surface area contributed by atoms with E-state index in [4.69, 9.17) is 10.5 Å². The molecule has 0 bridgehead atoms. The Morgan fingerprint density at radius 2 is 2.03 bits per heavy atom. The van der Waals surface area contributed by atoms with Gasteiger partial charge >= 0.3 is 0 Å². The molecule has 31 heavy (non-hydrogen) atoms. The molecular weight excluding hydrogens is 420 g/mol. The van der Waals surface area contributed by atoms with E-state index in [1.54, 1.807) is 17.1 Å². The number of hydrogen-bond acceptors (Lipinski definition) is 7. The first-order valence-corrected chi connectivity index (χ1v) is 11.3. The van der Waals surface area contributed by atoms with Crippen LogP contribution in [0.5, 0.6) is 0 Å². The molecule has 1 fully saturated rings. The minimum absolute atomic E-state index is 0.211. The van der Waals surface area contributed by atoms with E-state index in [1.165, 1.54) is 4.31 Å². The lowest BCUT2D eigenvalue weighted by atomic mass is 10.1. The highest BCUT2D eigenvalue weighted by molar-refractivity contribution is 7.87. The zero-order valence-corrected chi connectivity index (χ0v) is 17.5. The Hall–Kier alpha value is -3.06. The van der Waals surface area contributed by atoms with Gasteiger partial charge in [0.2, 0.25) is 0 Å². The number of nitrogens with two attached hydrogens (primary N) is 1. The number of H-pyrrole nitrogens is 1. The lowest BCUT2D eigenvalue weighted by molar-refractivity contribution is 0.0725. The summed E-state index contributed by atoms with van der Waals surface area (Å²) >= 11 is 0. The van der Waals surface area contributed by atoms with E-state index in [0.29, 0.717) is 38.7 Å². The van der Waals surface area contributed by atoms with Crippen molar-refractivity contribution in [2.75, 3.05) is 38.6 Å². The van der Waals surface area contributed by atoms with Crippen molar-refractivity contribution in [3.8, 4) is 11.3 Å². The molecule has 0 amide bonds. The Balaban J connectivity index is 1.38. The highest BCUT2D eigenvalue weighted by atomic mass is 32.2. The first-order valence-electron chi connectivity index (χ1n) is 9.90. The first-order chi connectivity index (χ1) is 15.0. The predicted molar refractivity (Wildman–Crippen MR) is 116 cm³/mol. The number of nitrogens with one attached hydrogen (secondary N) is 2. The van der Waals surface area contributed by atoms with Crippen LogP contribution in [0.25, 0.3) is 33.1 Å². The van der Waals surface area contributed by atoms with Gasteiger partial charge in [0.1, 0.15) is 11.3 Å². The standard InChI is InChI=1S/C19H22N8O3S/c20-19-15-12-26(6-5-22-31(28,29)27-7-9-30-10-8-27)25-18(15)14-2-1-13(11-17(14)23-19)16-3-4-21-24-16/h1-4,11-12,22H,5-10H2,(H2,20,23)(H,21,24). The molecule has 0 unspecified atom stereocenters. The van der Waals surface area contributed by atoms with Crippen LogP contribution in [0.4, 0.5) is 5.82 Å². The van der Waals surface area contributed by atoms with E-state index in [1.807, 2.05) is 24.3 Å². The van der Waals surface area contributed by atoms with Crippen LogP contribution in [0.15, 0.2) is 36.7 Å².